The predicted molar refractivity (Wildman–Crippen MR) is 129 cm³/mol. The monoisotopic (exact) mass is 478 g/mol. The molecule has 4 nitrogen and oxygen atoms in total. The summed E-state index contributed by atoms with van der Waals surface area (Å²) in [6, 6.07) is 14.7. The highest BCUT2D eigenvalue weighted by molar-refractivity contribution is 8.00. The van der Waals surface area contributed by atoms with Crippen LogP contribution in [0.5, 0.6) is 0 Å². The number of hydrogen-bond donors (Lipinski definition) is 1. The molecule has 3 aromatic rings. The highest BCUT2D eigenvalue weighted by atomic mass is 35.5. The Labute approximate surface area is 194 Å². The van der Waals surface area contributed by atoms with E-state index in [1.807, 2.05) is 41.8 Å². The maximum absolute atomic E-state index is 12.8. The first kappa shape index (κ1) is 22.8. The smallest absolute Gasteiger partial charge is 0.239 e. The molecule has 3 rings (SSSR count). The Hall–Kier alpha value is -1.83. The van der Waals surface area contributed by atoms with Gasteiger partial charge in [-0.1, -0.05) is 65.7 Å². The van der Waals surface area contributed by atoms with Crippen molar-refractivity contribution in [1.82, 2.24) is 4.98 Å². The molecular weight excluding hydrogens is 459 g/mol. The van der Waals surface area contributed by atoms with Gasteiger partial charge in [-0.2, -0.15) is 0 Å². The molecule has 1 aromatic heterocycles. The number of benzene rings is 2. The molecule has 1 amide bonds. The van der Waals surface area contributed by atoms with Crippen LogP contribution in [0.25, 0.3) is 11.3 Å². The minimum absolute atomic E-state index is 0.0878. The number of carbonyl (C=O) groups excluding carboxylic acids is 1. The fourth-order valence-corrected chi connectivity index (χ4v) is 4.72. The topological polar surface area (TPSA) is 53.4 Å². The first-order valence-corrected chi connectivity index (χ1v) is 11.9. The molecule has 0 radical (unpaired) electrons. The summed E-state index contributed by atoms with van der Waals surface area (Å²) in [5, 5.41) is 13.7. The predicted octanol–water partition coefficient (Wildman–Crippen LogP) is 6.10. The van der Waals surface area contributed by atoms with Gasteiger partial charge in [0.25, 0.3) is 0 Å². The van der Waals surface area contributed by atoms with Crippen molar-refractivity contribution < 1.29 is 9.90 Å². The van der Waals surface area contributed by atoms with Crippen LogP contribution < -0.4 is 4.90 Å². The van der Waals surface area contributed by atoms with E-state index >= 15 is 0 Å². The molecule has 30 heavy (non-hydrogen) atoms. The molecule has 1 atom stereocenters. The number of nitrogens with zero attached hydrogens (tertiary/aromatic N) is 2. The zero-order valence-corrected chi connectivity index (χ0v) is 19.1. The van der Waals surface area contributed by atoms with E-state index in [0.717, 1.165) is 16.8 Å². The fraction of sp³-hybridized carbons (Fsp3) is 0.182. The normalized spacial score (nSPS) is 11.8. The summed E-state index contributed by atoms with van der Waals surface area (Å²) < 4.78 is 0. The molecule has 0 aliphatic carbocycles. The molecular formula is C22H20Cl2N2O2S2. The molecule has 0 bridgehead atoms. The summed E-state index contributed by atoms with van der Waals surface area (Å²) in [4.78, 5) is 19.0. The highest BCUT2D eigenvalue weighted by Crippen LogP contribution is 2.32. The molecule has 0 fully saturated rings. The first-order chi connectivity index (χ1) is 14.5. The van der Waals surface area contributed by atoms with Gasteiger partial charge in [-0.3, -0.25) is 9.69 Å². The molecule has 0 saturated heterocycles. The third-order valence-electron chi connectivity index (χ3n) is 4.24. The van der Waals surface area contributed by atoms with E-state index in [9.17, 15) is 9.90 Å². The summed E-state index contributed by atoms with van der Waals surface area (Å²) in [5.41, 5.74) is 2.40. The first-order valence-electron chi connectivity index (χ1n) is 9.12. The van der Waals surface area contributed by atoms with E-state index in [0.29, 0.717) is 27.5 Å². The minimum atomic E-state index is -0.613. The van der Waals surface area contributed by atoms with Crippen molar-refractivity contribution in [2.45, 2.75) is 6.10 Å². The lowest BCUT2D eigenvalue weighted by Crippen LogP contribution is -2.32. The molecule has 0 aliphatic rings. The van der Waals surface area contributed by atoms with E-state index < -0.39 is 6.10 Å². The third kappa shape index (κ3) is 5.86. The quantitative estimate of drug-likeness (QED) is 0.377. The van der Waals surface area contributed by atoms with Crippen molar-refractivity contribution in [3.63, 3.8) is 0 Å². The summed E-state index contributed by atoms with van der Waals surface area (Å²) in [6.07, 6.45) is 1.06. The Morgan fingerprint density at radius 1 is 1.23 bits per heavy atom. The summed E-state index contributed by atoms with van der Waals surface area (Å²) >= 11 is 14.9. The number of aliphatic hydroxyl groups is 1. The van der Waals surface area contributed by atoms with E-state index in [2.05, 4.69) is 11.6 Å². The SMILES string of the molecule is C=CCN(C(=O)CSCC(O)c1ccccc1)c1nc(-c2ccc(Cl)c(Cl)c2)cs1. The fourth-order valence-electron chi connectivity index (χ4n) is 2.70. The molecule has 156 valence electrons. The van der Waals surface area contributed by atoms with Crippen LogP contribution in [0.3, 0.4) is 0 Å². The van der Waals surface area contributed by atoms with Crippen LogP contribution in [0.2, 0.25) is 10.0 Å². The van der Waals surface area contributed by atoms with Gasteiger partial charge < -0.3 is 5.11 Å². The Morgan fingerprint density at radius 2 is 2.00 bits per heavy atom. The molecule has 0 aliphatic heterocycles. The van der Waals surface area contributed by atoms with Gasteiger partial charge in [0.1, 0.15) is 0 Å². The molecule has 0 saturated carbocycles. The van der Waals surface area contributed by atoms with Gasteiger partial charge in [-0.15, -0.1) is 29.7 Å². The highest BCUT2D eigenvalue weighted by Gasteiger charge is 2.19. The lowest BCUT2D eigenvalue weighted by atomic mass is 10.1. The van der Waals surface area contributed by atoms with Gasteiger partial charge in [-0.25, -0.2) is 4.98 Å². The van der Waals surface area contributed by atoms with Crippen LogP contribution in [-0.4, -0.2) is 34.0 Å². The second-order valence-electron chi connectivity index (χ2n) is 6.38. The van der Waals surface area contributed by atoms with E-state index in [4.69, 9.17) is 23.2 Å². The largest absolute Gasteiger partial charge is 0.388 e. The number of aromatic nitrogens is 1. The molecule has 1 N–H and O–H groups in total. The number of carbonyl (C=O) groups is 1. The standard InChI is InChI=1S/C22H20Cl2N2O2S2/c1-2-10-26(21(28)14-29-13-20(27)15-6-4-3-5-7-15)22-25-19(12-30-22)16-8-9-17(23)18(24)11-16/h2-9,11-12,20,27H,1,10,13-14H2. The van der Waals surface area contributed by atoms with Crippen molar-refractivity contribution in [2.75, 3.05) is 23.0 Å². The van der Waals surface area contributed by atoms with Crippen molar-refractivity contribution >= 4 is 57.3 Å². The summed E-state index contributed by atoms with van der Waals surface area (Å²) in [5.74, 6) is 0.582. The van der Waals surface area contributed by atoms with Crippen molar-refractivity contribution in [2.24, 2.45) is 0 Å². The summed E-state index contributed by atoms with van der Waals surface area (Å²) in [6.45, 7) is 4.10. The average Bonchev–Trinajstić information content (AvgIpc) is 3.24. The Kier molecular flexibility index (Phi) is 8.36. The number of rotatable bonds is 9. The van der Waals surface area contributed by atoms with Gasteiger partial charge in [0, 0.05) is 23.2 Å². The summed E-state index contributed by atoms with van der Waals surface area (Å²) in [7, 11) is 0. The number of anilines is 1. The van der Waals surface area contributed by atoms with Crippen molar-refractivity contribution in [3.05, 3.63) is 82.2 Å². The second kappa shape index (κ2) is 11.0. The van der Waals surface area contributed by atoms with Crippen LogP contribution in [0.1, 0.15) is 11.7 Å². The number of halogens is 2. The lowest BCUT2D eigenvalue weighted by Gasteiger charge is -2.18. The molecule has 2 aromatic carbocycles. The maximum Gasteiger partial charge on any atom is 0.239 e. The van der Waals surface area contributed by atoms with E-state index in [1.165, 1.54) is 23.1 Å². The number of hydrogen-bond acceptors (Lipinski definition) is 5. The second-order valence-corrected chi connectivity index (χ2v) is 9.06. The number of thiazole rings is 1. The number of thioether (sulfide) groups is 1. The molecule has 1 heterocycles. The van der Waals surface area contributed by atoms with Crippen LogP contribution in [0.4, 0.5) is 5.13 Å². The zero-order valence-electron chi connectivity index (χ0n) is 16.0. The Bertz CT molecular complexity index is 1010. The zero-order chi connectivity index (χ0) is 21.5. The Balaban J connectivity index is 1.65. The van der Waals surface area contributed by atoms with Crippen LogP contribution in [0, 0.1) is 0 Å². The molecule has 8 heteroatoms. The third-order valence-corrected chi connectivity index (χ3v) is 6.84. The minimum Gasteiger partial charge on any atom is -0.388 e. The average molecular weight is 479 g/mol. The van der Waals surface area contributed by atoms with Crippen LogP contribution in [-0.2, 0) is 4.79 Å². The van der Waals surface area contributed by atoms with Gasteiger partial charge in [-0.05, 0) is 17.7 Å². The molecule has 0 spiro atoms. The van der Waals surface area contributed by atoms with Gasteiger partial charge in [0.2, 0.25) is 5.91 Å². The molecule has 1 unspecified atom stereocenters. The van der Waals surface area contributed by atoms with Crippen molar-refractivity contribution in [3.8, 4) is 11.3 Å². The Morgan fingerprint density at radius 3 is 2.70 bits per heavy atom. The number of amides is 1. The maximum atomic E-state index is 12.8. The van der Waals surface area contributed by atoms with E-state index in [-0.39, 0.29) is 11.7 Å². The van der Waals surface area contributed by atoms with Gasteiger partial charge in [0.15, 0.2) is 5.13 Å². The lowest BCUT2D eigenvalue weighted by molar-refractivity contribution is -0.116. The number of aliphatic hydroxyl groups excluding tert-OH is 1. The van der Waals surface area contributed by atoms with E-state index in [1.54, 1.807) is 23.1 Å². The van der Waals surface area contributed by atoms with Gasteiger partial charge >= 0.3 is 0 Å². The van der Waals surface area contributed by atoms with Gasteiger partial charge in [0.05, 0.1) is 27.6 Å². The van der Waals surface area contributed by atoms with Crippen molar-refractivity contribution in [1.29, 1.82) is 0 Å². The van der Waals surface area contributed by atoms with Crippen LogP contribution in [0.15, 0.2) is 66.6 Å². The van der Waals surface area contributed by atoms with Crippen LogP contribution >= 0.6 is 46.3 Å².